The summed E-state index contributed by atoms with van der Waals surface area (Å²) in [6.07, 6.45) is 2.03. The maximum atomic E-state index is 9.76. The Morgan fingerprint density at radius 2 is 2.25 bits per heavy atom. The molecule has 1 saturated heterocycles. The van der Waals surface area contributed by atoms with E-state index in [1.54, 1.807) is 0 Å². The first kappa shape index (κ1) is 9.48. The first-order valence-electron chi connectivity index (χ1n) is 4.36. The van der Waals surface area contributed by atoms with E-state index in [2.05, 4.69) is 9.64 Å². The number of hydrogen-bond acceptors (Lipinski definition) is 4. The van der Waals surface area contributed by atoms with Gasteiger partial charge in [0.2, 0.25) is 0 Å². The number of carbonyl (C=O) groups is 1. The van der Waals surface area contributed by atoms with Crippen molar-refractivity contribution < 1.29 is 9.53 Å². The molecule has 70 valence electrons. The highest BCUT2D eigenvalue weighted by molar-refractivity contribution is 5.36. The predicted molar refractivity (Wildman–Crippen MR) is 45.7 cm³/mol. The largest absolute Gasteiger partial charge is 0.468 e. The highest BCUT2D eigenvalue weighted by Crippen LogP contribution is 2.06. The van der Waals surface area contributed by atoms with Crippen LogP contribution in [0.5, 0.6) is 0 Å². The number of nitrogens with zero attached hydrogens (tertiary/aromatic N) is 1. The number of likely N-dealkylation sites (tertiary alicyclic amines) is 1. The van der Waals surface area contributed by atoms with Gasteiger partial charge in [0.1, 0.15) is 0 Å². The van der Waals surface area contributed by atoms with Crippen LogP contribution in [0, 0.1) is 0 Å². The van der Waals surface area contributed by atoms with Crippen molar-refractivity contribution in [1.29, 1.82) is 0 Å². The fourth-order valence-electron chi connectivity index (χ4n) is 1.36. The number of hydrogen-bond donors (Lipinski definition) is 1. The molecule has 1 aliphatic heterocycles. The third kappa shape index (κ3) is 3.19. The van der Waals surface area contributed by atoms with E-state index >= 15 is 0 Å². The summed E-state index contributed by atoms with van der Waals surface area (Å²) in [5.74, 6) is 0. The molecule has 0 aliphatic carbocycles. The van der Waals surface area contributed by atoms with Crippen LogP contribution in [0.15, 0.2) is 0 Å². The molecule has 0 atom stereocenters. The molecule has 0 bridgehead atoms. The molecule has 1 heterocycles. The summed E-state index contributed by atoms with van der Waals surface area (Å²) in [4.78, 5) is 12.1. The van der Waals surface area contributed by atoms with Crippen LogP contribution >= 0.6 is 0 Å². The van der Waals surface area contributed by atoms with Gasteiger partial charge >= 0.3 is 0 Å². The molecule has 0 aromatic heterocycles. The smallest absolute Gasteiger partial charge is 0.293 e. The lowest BCUT2D eigenvalue weighted by Crippen LogP contribution is -2.55. The second-order valence-corrected chi connectivity index (χ2v) is 3.19. The summed E-state index contributed by atoms with van der Waals surface area (Å²) >= 11 is 0. The van der Waals surface area contributed by atoms with Crippen LogP contribution in [0.1, 0.15) is 12.8 Å². The van der Waals surface area contributed by atoms with E-state index in [0.29, 0.717) is 19.1 Å². The highest BCUT2D eigenvalue weighted by atomic mass is 16.5. The number of nitrogens with two attached hydrogens (primary N) is 1. The molecule has 0 aromatic carbocycles. The topological polar surface area (TPSA) is 55.6 Å². The van der Waals surface area contributed by atoms with Crippen molar-refractivity contribution in [3.05, 3.63) is 0 Å². The van der Waals surface area contributed by atoms with Gasteiger partial charge in [0.25, 0.3) is 6.47 Å². The highest BCUT2D eigenvalue weighted by Gasteiger charge is 2.21. The van der Waals surface area contributed by atoms with Crippen LogP contribution in [0.3, 0.4) is 0 Å². The van der Waals surface area contributed by atoms with E-state index in [1.807, 2.05) is 0 Å². The second-order valence-electron chi connectivity index (χ2n) is 3.19. The van der Waals surface area contributed by atoms with Gasteiger partial charge in [-0.05, 0) is 19.4 Å². The number of carbonyl (C=O) groups excluding carboxylic acids is 1. The Morgan fingerprint density at radius 3 is 2.83 bits per heavy atom. The summed E-state index contributed by atoms with van der Waals surface area (Å²) in [5, 5.41) is 0. The second kappa shape index (κ2) is 5.11. The van der Waals surface area contributed by atoms with Gasteiger partial charge < -0.3 is 15.4 Å². The Kier molecular flexibility index (Phi) is 4.04. The van der Waals surface area contributed by atoms with Gasteiger partial charge in [0.05, 0.1) is 6.61 Å². The van der Waals surface area contributed by atoms with Crippen molar-refractivity contribution in [1.82, 2.24) is 4.90 Å². The molecule has 4 nitrogen and oxygen atoms in total. The Bertz CT molecular complexity index is 135. The quantitative estimate of drug-likeness (QED) is 0.437. The van der Waals surface area contributed by atoms with Crippen molar-refractivity contribution in [2.75, 3.05) is 26.2 Å². The van der Waals surface area contributed by atoms with Crippen molar-refractivity contribution in [3.8, 4) is 0 Å². The van der Waals surface area contributed by atoms with Gasteiger partial charge in [-0.1, -0.05) is 0 Å². The van der Waals surface area contributed by atoms with Crippen LogP contribution in [-0.4, -0.2) is 43.7 Å². The lowest BCUT2D eigenvalue weighted by Gasteiger charge is -2.36. The molecule has 4 heteroatoms. The van der Waals surface area contributed by atoms with E-state index in [9.17, 15) is 4.79 Å². The molecule has 0 aromatic rings. The fourth-order valence-corrected chi connectivity index (χ4v) is 1.36. The van der Waals surface area contributed by atoms with Crippen molar-refractivity contribution in [2.45, 2.75) is 18.9 Å². The fraction of sp³-hybridized carbons (Fsp3) is 0.875. The molecule has 0 radical (unpaired) electrons. The normalized spacial score (nSPS) is 18.8. The molecule has 1 aliphatic rings. The van der Waals surface area contributed by atoms with E-state index < -0.39 is 0 Å². The van der Waals surface area contributed by atoms with Gasteiger partial charge in [-0.3, -0.25) is 4.79 Å². The summed E-state index contributed by atoms with van der Waals surface area (Å²) in [6, 6.07) is 0.385. The van der Waals surface area contributed by atoms with Gasteiger partial charge in [0, 0.05) is 19.1 Å². The average Bonchev–Trinajstić information content (AvgIpc) is 2.00. The van der Waals surface area contributed by atoms with Crippen LogP contribution in [-0.2, 0) is 9.53 Å². The van der Waals surface area contributed by atoms with Crippen molar-refractivity contribution in [2.24, 2.45) is 5.73 Å². The molecule has 0 unspecified atom stereocenters. The van der Waals surface area contributed by atoms with Crippen molar-refractivity contribution in [3.63, 3.8) is 0 Å². The number of rotatable bonds is 6. The number of ether oxygens (including phenoxy) is 1. The van der Waals surface area contributed by atoms with Crippen LogP contribution in [0.4, 0.5) is 0 Å². The number of unbranched alkanes of at least 4 members (excludes halogenated alkanes) is 1. The monoisotopic (exact) mass is 172 g/mol. The molecule has 1 rings (SSSR count). The van der Waals surface area contributed by atoms with E-state index in [1.165, 1.54) is 0 Å². The average molecular weight is 172 g/mol. The first-order valence-corrected chi connectivity index (χ1v) is 4.36. The van der Waals surface area contributed by atoms with Gasteiger partial charge in [0.15, 0.2) is 0 Å². The summed E-state index contributed by atoms with van der Waals surface area (Å²) in [6.45, 7) is 4.17. The Balaban J connectivity index is 1.80. The molecule has 0 spiro atoms. The Morgan fingerprint density at radius 1 is 1.50 bits per heavy atom. The van der Waals surface area contributed by atoms with Crippen LogP contribution in [0.25, 0.3) is 0 Å². The van der Waals surface area contributed by atoms with E-state index in [4.69, 9.17) is 5.73 Å². The molecule has 0 saturated carbocycles. The predicted octanol–water partition coefficient (Wildman–Crippen LogP) is -0.418. The van der Waals surface area contributed by atoms with Crippen LogP contribution in [0.2, 0.25) is 0 Å². The Labute approximate surface area is 72.7 Å². The Hall–Kier alpha value is -0.610. The molecular weight excluding hydrogens is 156 g/mol. The zero-order valence-electron chi connectivity index (χ0n) is 7.24. The maximum absolute atomic E-state index is 9.76. The zero-order chi connectivity index (χ0) is 8.81. The molecule has 1 fully saturated rings. The van der Waals surface area contributed by atoms with Crippen LogP contribution < -0.4 is 5.73 Å². The van der Waals surface area contributed by atoms with E-state index in [0.717, 1.165) is 32.5 Å². The third-order valence-electron chi connectivity index (χ3n) is 2.04. The minimum Gasteiger partial charge on any atom is -0.468 e. The summed E-state index contributed by atoms with van der Waals surface area (Å²) in [7, 11) is 0. The summed E-state index contributed by atoms with van der Waals surface area (Å²) in [5.41, 5.74) is 5.61. The molecule has 0 amide bonds. The maximum Gasteiger partial charge on any atom is 0.293 e. The molecular formula is C8H16N2O2. The van der Waals surface area contributed by atoms with Crippen molar-refractivity contribution >= 4 is 6.47 Å². The molecule has 12 heavy (non-hydrogen) atoms. The zero-order valence-corrected chi connectivity index (χ0v) is 7.24. The lowest BCUT2D eigenvalue weighted by molar-refractivity contribution is -0.128. The standard InChI is InChI=1S/C8H16N2O2/c9-8-5-10(6-8)3-1-2-4-12-7-11/h7-8H,1-6,9H2. The van der Waals surface area contributed by atoms with Gasteiger partial charge in [-0.2, -0.15) is 0 Å². The minimum absolute atomic E-state index is 0.385. The third-order valence-corrected chi connectivity index (χ3v) is 2.04. The molecule has 2 N–H and O–H groups in total. The summed E-state index contributed by atoms with van der Waals surface area (Å²) < 4.78 is 4.56. The van der Waals surface area contributed by atoms with Gasteiger partial charge in [-0.15, -0.1) is 0 Å². The first-order chi connectivity index (χ1) is 5.83. The lowest BCUT2D eigenvalue weighted by atomic mass is 10.1. The van der Waals surface area contributed by atoms with Gasteiger partial charge in [-0.25, -0.2) is 0 Å². The van der Waals surface area contributed by atoms with E-state index in [-0.39, 0.29) is 0 Å². The minimum atomic E-state index is 0.385. The SMILES string of the molecule is NC1CN(CCCCOC=O)C1.